The van der Waals surface area contributed by atoms with Gasteiger partial charge in [-0.25, -0.2) is 0 Å². The Morgan fingerprint density at radius 1 is 0.737 bits per heavy atom. The third-order valence-electron chi connectivity index (χ3n) is 8.57. The summed E-state index contributed by atoms with van der Waals surface area (Å²) in [5.74, 6) is 0. The first-order valence-electron chi connectivity index (χ1n) is 14.8. The highest BCUT2D eigenvalue weighted by Gasteiger charge is 2.56. The van der Waals surface area contributed by atoms with Crippen LogP contribution in [0.2, 0.25) is 55.9 Å². The Labute approximate surface area is 240 Å². The van der Waals surface area contributed by atoms with Crippen molar-refractivity contribution in [2.45, 2.75) is 162 Å². The number of benzene rings is 1. The summed E-state index contributed by atoms with van der Waals surface area (Å²) >= 11 is 0. The molecule has 0 spiro atoms. The first kappa shape index (κ1) is 35.7. The van der Waals surface area contributed by atoms with E-state index in [9.17, 15) is 0 Å². The lowest BCUT2D eigenvalue weighted by Crippen LogP contribution is -2.66. The second-order valence-electron chi connectivity index (χ2n) is 15.0. The molecule has 4 nitrogen and oxygen atoms in total. The normalized spacial score (nSPS) is 25.5. The summed E-state index contributed by atoms with van der Waals surface area (Å²) in [5.41, 5.74) is 0.690. The molecule has 0 aliphatic heterocycles. The predicted molar refractivity (Wildman–Crippen MR) is 173 cm³/mol. The molecule has 0 radical (unpaired) electrons. The largest absolute Gasteiger partial charge is 0.411 e. The van der Waals surface area contributed by atoms with Crippen molar-refractivity contribution in [1.29, 1.82) is 0 Å². The minimum absolute atomic E-state index is 0.0630. The summed E-state index contributed by atoms with van der Waals surface area (Å²) in [4.78, 5) is 0. The molecule has 1 aliphatic carbocycles. The Hall–Kier alpha value is -0.289. The molecule has 38 heavy (non-hydrogen) atoms. The smallest absolute Gasteiger partial charge is 0.192 e. The zero-order valence-electron chi connectivity index (χ0n) is 27.9. The highest BCUT2D eigenvalue weighted by atomic mass is 28.4. The Balaban J connectivity index is 0.00000352. The highest BCUT2D eigenvalue weighted by Crippen LogP contribution is 2.47. The molecule has 0 bridgehead atoms. The average molecular weight is 583 g/mol. The quantitative estimate of drug-likeness (QED) is 0.272. The maximum Gasteiger partial charge on any atom is 0.192 e. The summed E-state index contributed by atoms with van der Waals surface area (Å²) in [6.45, 7) is 37.0. The van der Waals surface area contributed by atoms with E-state index in [4.69, 9.17) is 18.0 Å². The van der Waals surface area contributed by atoms with Gasteiger partial charge in [0.05, 0.1) is 24.9 Å². The molecule has 1 aromatic rings. The molecule has 0 unspecified atom stereocenters. The fourth-order valence-electron chi connectivity index (χ4n) is 4.36. The van der Waals surface area contributed by atoms with Gasteiger partial charge in [-0.2, -0.15) is 0 Å². The molecular formula is C31H62O4Si3. The lowest BCUT2D eigenvalue weighted by Gasteiger charge is -2.56. The molecule has 2 rings (SSSR count). The fraction of sp³-hybridized carbons (Fsp3) is 0.806. The molecule has 2 atom stereocenters. The predicted octanol–water partition coefficient (Wildman–Crippen LogP) is 9.78. The van der Waals surface area contributed by atoms with Crippen LogP contribution in [0, 0.1) is 0 Å². The Bertz CT molecular complexity index is 797. The lowest BCUT2D eigenvalue weighted by molar-refractivity contribution is -0.169. The molecule has 0 heterocycles. The van der Waals surface area contributed by atoms with Crippen LogP contribution in [0.5, 0.6) is 0 Å². The Kier molecular flexibility index (Phi) is 12.3. The van der Waals surface area contributed by atoms with E-state index in [-0.39, 0.29) is 28.4 Å². The summed E-state index contributed by atoms with van der Waals surface area (Å²) in [6.07, 6.45) is 1.58. The molecule has 0 aromatic heterocycles. The second kappa shape index (κ2) is 13.1. The monoisotopic (exact) mass is 582 g/mol. The third-order valence-corrected chi connectivity index (χ3v) is 18.6. The van der Waals surface area contributed by atoms with Crippen molar-refractivity contribution in [3.63, 3.8) is 0 Å². The van der Waals surface area contributed by atoms with Crippen LogP contribution in [0.1, 0.15) is 80.7 Å². The van der Waals surface area contributed by atoms with Gasteiger partial charge in [0.25, 0.3) is 0 Å². The summed E-state index contributed by atoms with van der Waals surface area (Å²) in [5, 5.41) is 0.224. The van der Waals surface area contributed by atoms with Gasteiger partial charge in [-0.15, -0.1) is 0 Å². The molecule has 1 aromatic carbocycles. The van der Waals surface area contributed by atoms with Crippen molar-refractivity contribution in [3.8, 4) is 0 Å². The van der Waals surface area contributed by atoms with Crippen molar-refractivity contribution < 1.29 is 18.0 Å². The first-order chi connectivity index (χ1) is 17.1. The summed E-state index contributed by atoms with van der Waals surface area (Å²) < 4.78 is 28.1. The maximum absolute atomic E-state index is 7.21. The highest BCUT2D eigenvalue weighted by molar-refractivity contribution is 6.74. The van der Waals surface area contributed by atoms with E-state index in [0.717, 1.165) is 12.8 Å². The van der Waals surface area contributed by atoms with E-state index >= 15 is 0 Å². The minimum Gasteiger partial charge on any atom is -0.411 e. The van der Waals surface area contributed by atoms with E-state index < -0.39 is 30.6 Å². The van der Waals surface area contributed by atoms with Crippen LogP contribution in [-0.2, 0) is 24.6 Å². The van der Waals surface area contributed by atoms with E-state index in [1.165, 1.54) is 5.56 Å². The number of ether oxygens (including phenoxy) is 1. The summed E-state index contributed by atoms with van der Waals surface area (Å²) in [7, 11) is -6.03. The maximum atomic E-state index is 7.21. The molecule has 7 heteroatoms. The topological polar surface area (TPSA) is 36.9 Å². The molecule has 0 N–H and O–H groups in total. The summed E-state index contributed by atoms with van der Waals surface area (Å²) in [6, 6.07) is 10.5. The number of rotatable bonds is 9. The first-order valence-corrected chi connectivity index (χ1v) is 24.0. The van der Waals surface area contributed by atoms with Gasteiger partial charge in [-0.3, -0.25) is 0 Å². The van der Waals surface area contributed by atoms with Gasteiger partial charge >= 0.3 is 0 Å². The van der Waals surface area contributed by atoms with Crippen LogP contribution < -0.4 is 0 Å². The van der Waals surface area contributed by atoms with Crippen molar-refractivity contribution in [1.82, 2.24) is 0 Å². The van der Waals surface area contributed by atoms with Crippen molar-refractivity contribution in [2.24, 2.45) is 0 Å². The van der Waals surface area contributed by atoms with E-state index in [1.54, 1.807) is 0 Å². The van der Waals surface area contributed by atoms with E-state index in [0.29, 0.717) is 6.61 Å². The van der Waals surface area contributed by atoms with Gasteiger partial charge in [0.1, 0.15) is 5.60 Å². The fourth-order valence-corrected chi connectivity index (χ4v) is 8.73. The molecule has 1 saturated carbocycles. The van der Waals surface area contributed by atoms with Crippen molar-refractivity contribution in [3.05, 3.63) is 35.9 Å². The molecule has 0 saturated heterocycles. The van der Waals surface area contributed by atoms with Crippen LogP contribution in [-0.4, -0.2) is 48.9 Å². The number of hydrogen-bond donors (Lipinski definition) is 0. The van der Waals surface area contributed by atoms with Crippen LogP contribution in [0.4, 0.5) is 0 Å². The molecule has 1 fully saturated rings. The zero-order valence-corrected chi connectivity index (χ0v) is 30.9. The Morgan fingerprint density at radius 2 is 1.13 bits per heavy atom. The average Bonchev–Trinajstić information content (AvgIpc) is 2.74. The third kappa shape index (κ3) is 9.67. The van der Waals surface area contributed by atoms with Gasteiger partial charge in [-0.05, 0) is 68.4 Å². The van der Waals surface area contributed by atoms with Gasteiger partial charge < -0.3 is 18.0 Å². The van der Waals surface area contributed by atoms with Crippen LogP contribution in [0.25, 0.3) is 0 Å². The molecule has 222 valence electrons. The number of hydrogen-bond acceptors (Lipinski definition) is 4. The van der Waals surface area contributed by atoms with Gasteiger partial charge in [0.2, 0.25) is 0 Å². The van der Waals surface area contributed by atoms with Gasteiger partial charge in [-0.1, -0.05) is 85.7 Å². The minimum atomic E-state index is -2.06. The van der Waals surface area contributed by atoms with Gasteiger partial charge in [0.15, 0.2) is 25.0 Å². The molecule has 0 amide bonds. The molecule has 1 aliphatic rings. The standard InChI is InChI=1S/C29H56O4Si3.C2H6/c1-27(2,3)35(11,12)31-25-20-24(30-22-23-18-16-15-17-19-23)21-26(29(25,7)33-34(8,9)10)32-36(13,14)28(4,5)6;1-2/h15-19,24-26H,20-22H2,1-14H3;1-2H3/t24?,25-,26-,29?;/m1./s1. The van der Waals surface area contributed by atoms with Crippen LogP contribution >= 0.6 is 0 Å². The molecular weight excluding hydrogens is 521 g/mol. The van der Waals surface area contributed by atoms with E-state index in [1.807, 2.05) is 13.8 Å². The Morgan fingerprint density at radius 3 is 1.47 bits per heavy atom. The second-order valence-corrected chi connectivity index (χ2v) is 29.0. The van der Waals surface area contributed by atoms with Crippen molar-refractivity contribution >= 4 is 25.0 Å². The van der Waals surface area contributed by atoms with E-state index in [2.05, 4.69) is 125 Å². The van der Waals surface area contributed by atoms with Gasteiger partial charge in [0, 0.05) is 12.8 Å². The lowest BCUT2D eigenvalue weighted by atomic mass is 9.79. The zero-order chi connectivity index (χ0) is 29.8. The van der Waals surface area contributed by atoms with Crippen LogP contribution in [0.3, 0.4) is 0 Å². The SMILES string of the molecule is CC.CC1(O[Si](C)(C)C)[C@H](O[Si](C)(C)C(C)(C)C)CC(OCc2ccccc2)C[C@H]1O[Si](C)(C)C(C)(C)C. The van der Waals surface area contributed by atoms with Crippen LogP contribution in [0.15, 0.2) is 30.3 Å². The van der Waals surface area contributed by atoms with Crippen molar-refractivity contribution in [2.75, 3.05) is 0 Å².